The molecule has 7 nitrogen and oxygen atoms in total. The van der Waals surface area contributed by atoms with Gasteiger partial charge in [0.05, 0.1) is 6.54 Å². The van der Waals surface area contributed by atoms with E-state index in [-0.39, 0.29) is 23.8 Å². The molecule has 0 aliphatic carbocycles. The number of hydrogen-bond donors (Lipinski definition) is 0. The van der Waals surface area contributed by atoms with Crippen molar-refractivity contribution >= 4 is 11.8 Å². The topological polar surface area (TPSA) is 75.6 Å². The van der Waals surface area contributed by atoms with Crippen molar-refractivity contribution in [3.05, 3.63) is 18.3 Å². The Morgan fingerprint density at radius 1 is 1.17 bits per heavy atom. The Morgan fingerprint density at radius 2 is 1.91 bits per heavy atom. The van der Waals surface area contributed by atoms with Crippen molar-refractivity contribution in [3.63, 3.8) is 0 Å². The summed E-state index contributed by atoms with van der Waals surface area (Å²) in [5, 5.41) is 7.70. The van der Waals surface area contributed by atoms with Gasteiger partial charge in [0.15, 0.2) is 0 Å². The van der Waals surface area contributed by atoms with Crippen LogP contribution >= 0.6 is 0 Å². The number of nitrogens with zero attached hydrogens (tertiary/aromatic N) is 4. The van der Waals surface area contributed by atoms with Crippen molar-refractivity contribution in [1.29, 1.82) is 0 Å². The molecule has 0 saturated carbocycles. The van der Waals surface area contributed by atoms with E-state index in [1.165, 1.54) is 0 Å². The molecule has 0 aromatic carbocycles. The lowest BCUT2D eigenvalue weighted by Crippen LogP contribution is -2.43. The van der Waals surface area contributed by atoms with Gasteiger partial charge in [0, 0.05) is 51.2 Å². The van der Waals surface area contributed by atoms with Crippen LogP contribution in [0.25, 0.3) is 0 Å². The van der Waals surface area contributed by atoms with Crippen LogP contribution in [0.4, 0.5) is 0 Å². The molecule has 1 aromatic rings. The predicted octanol–water partition coefficient (Wildman–Crippen LogP) is 0.715. The van der Waals surface area contributed by atoms with Crippen LogP contribution in [0, 0.1) is 5.92 Å². The van der Waals surface area contributed by atoms with Crippen LogP contribution in [0.3, 0.4) is 0 Å². The fourth-order valence-corrected chi connectivity index (χ4v) is 3.25. The molecule has 7 heteroatoms. The summed E-state index contributed by atoms with van der Waals surface area (Å²) in [6.45, 7) is 4.26. The van der Waals surface area contributed by atoms with E-state index in [9.17, 15) is 9.59 Å². The van der Waals surface area contributed by atoms with Gasteiger partial charge in [-0.15, -0.1) is 5.10 Å². The van der Waals surface area contributed by atoms with Crippen LogP contribution < -0.4 is 4.74 Å². The molecule has 2 aliphatic heterocycles. The maximum atomic E-state index is 12.6. The van der Waals surface area contributed by atoms with Gasteiger partial charge in [0.2, 0.25) is 17.7 Å². The highest BCUT2D eigenvalue weighted by molar-refractivity contribution is 5.80. The third-order valence-electron chi connectivity index (χ3n) is 4.58. The third kappa shape index (κ3) is 3.78. The van der Waals surface area contributed by atoms with E-state index in [4.69, 9.17) is 4.74 Å². The zero-order valence-corrected chi connectivity index (χ0v) is 13.4. The summed E-state index contributed by atoms with van der Waals surface area (Å²) < 4.78 is 5.77. The molecule has 1 aromatic heterocycles. The molecule has 2 aliphatic rings. The van der Waals surface area contributed by atoms with Gasteiger partial charge in [-0.05, 0) is 18.9 Å². The Kier molecular flexibility index (Phi) is 4.73. The number of carbonyl (C=O) groups excluding carboxylic acids is 2. The van der Waals surface area contributed by atoms with Crippen LogP contribution in [-0.2, 0) is 9.59 Å². The van der Waals surface area contributed by atoms with Crippen molar-refractivity contribution in [1.82, 2.24) is 20.0 Å². The van der Waals surface area contributed by atoms with Gasteiger partial charge in [-0.25, -0.2) is 0 Å². The number of rotatable bonds is 3. The molecule has 0 bridgehead atoms. The van der Waals surface area contributed by atoms with Gasteiger partial charge in [0.25, 0.3) is 0 Å². The maximum absolute atomic E-state index is 12.6. The Hall–Kier alpha value is -2.18. The van der Waals surface area contributed by atoms with E-state index >= 15 is 0 Å². The zero-order valence-electron chi connectivity index (χ0n) is 13.4. The van der Waals surface area contributed by atoms with Gasteiger partial charge < -0.3 is 14.5 Å². The quantitative estimate of drug-likeness (QED) is 0.820. The van der Waals surface area contributed by atoms with Crippen LogP contribution in [0.15, 0.2) is 18.3 Å². The monoisotopic (exact) mass is 318 g/mol. The molecule has 0 radical (unpaired) electrons. The summed E-state index contributed by atoms with van der Waals surface area (Å²) in [5.74, 6) is 0.815. The fourth-order valence-electron chi connectivity index (χ4n) is 3.25. The molecular weight excluding hydrogens is 296 g/mol. The van der Waals surface area contributed by atoms with E-state index in [0.717, 1.165) is 25.8 Å². The predicted molar refractivity (Wildman–Crippen MR) is 82.6 cm³/mol. The first-order valence-electron chi connectivity index (χ1n) is 8.12. The van der Waals surface area contributed by atoms with Gasteiger partial charge in [0.1, 0.15) is 6.10 Å². The van der Waals surface area contributed by atoms with E-state index in [1.807, 2.05) is 9.80 Å². The van der Waals surface area contributed by atoms with Crippen LogP contribution in [0.1, 0.15) is 26.2 Å². The highest BCUT2D eigenvalue weighted by Crippen LogP contribution is 2.23. The molecule has 3 heterocycles. The van der Waals surface area contributed by atoms with Gasteiger partial charge >= 0.3 is 0 Å². The summed E-state index contributed by atoms with van der Waals surface area (Å²) in [6.07, 6.45) is 3.90. The second-order valence-electron chi connectivity index (χ2n) is 6.16. The first-order chi connectivity index (χ1) is 11.1. The summed E-state index contributed by atoms with van der Waals surface area (Å²) in [5.41, 5.74) is 0. The minimum absolute atomic E-state index is 0.0204. The molecule has 0 spiro atoms. The molecule has 2 amide bonds. The number of aromatic nitrogens is 2. The lowest BCUT2D eigenvalue weighted by atomic mass is 9.95. The van der Waals surface area contributed by atoms with Crippen molar-refractivity contribution in [2.45, 2.75) is 32.3 Å². The Morgan fingerprint density at radius 3 is 2.57 bits per heavy atom. The second kappa shape index (κ2) is 6.93. The number of piperidine rings is 1. The minimum Gasteiger partial charge on any atom is -0.471 e. The molecule has 0 N–H and O–H groups in total. The number of ether oxygens (including phenoxy) is 1. The number of hydrogen-bond acceptors (Lipinski definition) is 5. The average Bonchev–Trinajstić information content (AvgIpc) is 3.03. The second-order valence-corrected chi connectivity index (χ2v) is 6.16. The average molecular weight is 318 g/mol. The van der Waals surface area contributed by atoms with E-state index in [1.54, 1.807) is 25.3 Å². The number of amides is 2. The van der Waals surface area contributed by atoms with E-state index in [2.05, 4.69) is 10.2 Å². The van der Waals surface area contributed by atoms with E-state index in [0.29, 0.717) is 25.5 Å². The van der Waals surface area contributed by atoms with Gasteiger partial charge in [-0.3, -0.25) is 9.59 Å². The Balaban J connectivity index is 1.49. The normalized spacial score (nSPS) is 22.2. The summed E-state index contributed by atoms with van der Waals surface area (Å²) in [7, 11) is 0. The molecule has 23 heavy (non-hydrogen) atoms. The van der Waals surface area contributed by atoms with Crippen LogP contribution in [-0.4, -0.2) is 64.1 Å². The standard InChI is InChI=1S/C16H22N4O3/c1-12(21)19-8-4-13(5-9-19)16(22)20-10-6-14(11-20)23-15-3-2-7-17-18-15/h2-3,7,13-14H,4-6,8-11H2,1H3. The number of carbonyl (C=O) groups is 2. The summed E-state index contributed by atoms with van der Waals surface area (Å²) in [6, 6.07) is 3.55. The van der Waals surface area contributed by atoms with Crippen molar-refractivity contribution in [2.24, 2.45) is 5.92 Å². The maximum Gasteiger partial charge on any atom is 0.233 e. The smallest absolute Gasteiger partial charge is 0.233 e. The Labute approximate surface area is 135 Å². The molecule has 124 valence electrons. The highest BCUT2D eigenvalue weighted by Gasteiger charge is 2.34. The van der Waals surface area contributed by atoms with Gasteiger partial charge in [-0.1, -0.05) is 0 Å². The third-order valence-corrected chi connectivity index (χ3v) is 4.58. The van der Waals surface area contributed by atoms with E-state index < -0.39 is 0 Å². The Bertz CT molecular complexity index is 558. The molecule has 3 rings (SSSR count). The molecule has 1 unspecified atom stereocenters. The van der Waals surface area contributed by atoms with Crippen molar-refractivity contribution in [3.8, 4) is 5.88 Å². The largest absolute Gasteiger partial charge is 0.471 e. The minimum atomic E-state index is -0.0204. The van der Waals surface area contributed by atoms with Gasteiger partial charge in [-0.2, -0.15) is 5.10 Å². The SMILES string of the molecule is CC(=O)N1CCC(C(=O)N2CCC(Oc3cccnn3)C2)CC1. The summed E-state index contributed by atoms with van der Waals surface area (Å²) >= 11 is 0. The zero-order chi connectivity index (χ0) is 16.2. The highest BCUT2D eigenvalue weighted by atomic mass is 16.5. The lowest BCUT2D eigenvalue weighted by Gasteiger charge is -2.32. The van der Waals surface area contributed by atoms with Crippen LogP contribution in [0.2, 0.25) is 0 Å². The molecule has 2 fully saturated rings. The number of likely N-dealkylation sites (tertiary alicyclic amines) is 2. The first-order valence-corrected chi connectivity index (χ1v) is 8.12. The molecular formula is C16H22N4O3. The van der Waals surface area contributed by atoms with Crippen LogP contribution in [0.5, 0.6) is 5.88 Å². The first kappa shape index (κ1) is 15.7. The lowest BCUT2D eigenvalue weighted by molar-refractivity contribution is -0.139. The summed E-state index contributed by atoms with van der Waals surface area (Å²) in [4.78, 5) is 27.7. The fraction of sp³-hybridized carbons (Fsp3) is 0.625. The molecule has 2 saturated heterocycles. The van der Waals surface area contributed by atoms with Crippen molar-refractivity contribution in [2.75, 3.05) is 26.2 Å². The van der Waals surface area contributed by atoms with Crippen molar-refractivity contribution < 1.29 is 14.3 Å². The molecule has 1 atom stereocenters.